The summed E-state index contributed by atoms with van der Waals surface area (Å²) >= 11 is 0. The van der Waals surface area contributed by atoms with Gasteiger partial charge in [-0.25, -0.2) is 9.67 Å². The molecule has 1 saturated carbocycles. The molecule has 3 N–H and O–H groups in total. The number of nitrogens with two attached hydrogens (primary N) is 1. The van der Waals surface area contributed by atoms with Gasteiger partial charge in [-0.2, -0.15) is 5.10 Å². The van der Waals surface area contributed by atoms with E-state index in [-0.39, 0.29) is 54.3 Å². The second-order valence-corrected chi connectivity index (χ2v) is 9.20. The molecule has 29 heavy (non-hydrogen) atoms. The summed E-state index contributed by atoms with van der Waals surface area (Å²) in [5.41, 5.74) is 9.04. The van der Waals surface area contributed by atoms with Crippen molar-refractivity contribution in [3.05, 3.63) is 23.0 Å². The zero-order valence-corrected chi connectivity index (χ0v) is 19.9. The van der Waals surface area contributed by atoms with Crippen molar-refractivity contribution in [3.8, 4) is 0 Å². The van der Waals surface area contributed by atoms with Crippen LogP contribution in [0.4, 0.5) is 0 Å². The van der Waals surface area contributed by atoms with Crippen LogP contribution in [0.25, 0.3) is 11.0 Å². The minimum atomic E-state index is -0.206. The molecule has 6 nitrogen and oxygen atoms in total. The maximum absolute atomic E-state index is 13.2. The van der Waals surface area contributed by atoms with Crippen LogP contribution in [0.1, 0.15) is 88.0 Å². The Morgan fingerprint density at radius 3 is 2.31 bits per heavy atom. The van der Waals surface area contributed by atoms with Gasteiger partial charge in [0.15, 0.2) is 5.65 Å². The first-order valence-electron chi connectivity index (χ1n) is 10.0. The number of pyridine rings is 1. The minimum absolute atomic E-state index is 0. The monoisotopic (exact) mass is 443 g/mol. The van der Waals surface area contributed by atoms with Gasteiger partial charge in [0, 0.05) is 17.8 Å². The maximum atomic E-state index is 13.2. The average molecular weight is 444 g/mol. The summed E-state index contributed by atoms with van der Waals surface area (Å²) < 4.78 is 1.94. The molecule has 0 unspecified atom stereocenters. The summed E-state index contributed by atoms with van der Waals surface area (Å²) in [7, 11) is 0. The molecule has 2 aromatic rings. The number of hydrogen-bond donors (Lipinski definition) is 2. The highest BCUT2D eigenvalue weighted by atomic mass is 35.5. The fourth-order valence-electron chi connectivity index (χ4n) is 3.78. The molecule has 3 rings (SSSR count). The predicted molar refractivity (Wildman–Crippen MR) is 124 cm³/mol. The molecule has 2 aromatic heterocycles. The lowest BCUT2D eigenvalue weighted by atomic mass is 9.91. The van der Waals surface area contributed by atoms with Crippen LogP contribution >= 0.6 is 24.8 Å². The van der Waals surface area contributed by atoms with E-state index in [1.54, 1.807) is 0 Å². The van der Waals surface area contributed by atoms with E-state index in [2.05, 4.69) is 39.9 Å². The number of amides is 1. The number of carbonyl (C=O) groups is 1. The average Bonchev–Trinajstić information content (AvgIpc) is 2.93. The van der Waals surface area contributed by atoms with Gasteiger partial charge in [-0.05, 0) is 65.4 Å². The van der Waals surface area contributed by atoms with Gasteiger partial charge in [0.1, 0.15) is 0 Å². The Hall–Kier alpha value is -1.37. The number of nitrogens with zero attached hydrogens (tertiary/aromatic N) is 3. The number of fused-ring (bicyclic) bond motifs is 1. The minimum Gasteiger partial charge on any atom is -0.349 e. The molecule has 8 heteroatoms. The Bertz CT molecular complexity index is 849. The van der Waals surface area contributed by atoms with Crippen LogP contribution in [0, 0.1) is 6.92 Å². The maximum Gasteiger partial charge on any atom is 0.252 e. The molecule has 0 saturated heterocycles. The third kappa shape index (κ3) is 5.41. The molecule has 0 aliphatic heterocycles. The number of hydrogen-bond acceptors (Lipinski definition) is 4. The Labute approximate surface area is 186 Å². The highest BCUT2D eigenvalue weighted by Gasteiger charge is 2.27. The van der Waals surface area contributed by atoms with Crippen molar-refractivity contribution < 1.29 is 4.79 Å². The molecule has 0 radical (unpaired) electrons. The first kappa shape index (κ1) is 25.7. The van der Waals surface area contributed by atoms with Crippen molar-refractivity contribution in [1.82, 2.24) is 20.1 Å². The zero-order valence-electron chi connectivity index (χ0n) is 18.3. The molecule has 164 valence electrons. The van der Waals surface area contributed by atoms with Crippen molar-refractivity contribution >= 4 is 41.8 Å². The van der Waals surface area contributed by atoms with Crippen LogP contribution in [0.3, 0.4) is 0 Å². The number of halogens is 2. The highest BCUT2D eigenvalue weighted by Crippen LogP contribution is 2.29. The van der Waals surface area contributed by atoms with Crippen molar-refractivity contribution in [2.24, 2.45) is 5.73 Å². The molecule has 2 heterocycles. The van der Waals surface area contributed by atoms with Gasteiger partial charge < -0.3 is 11.1 Å². The predicted octanol–water partition coefficient (Wildman–Crippen LogP) is 4.46. The van der Waals surface area contributed by atoms with Gasteiger partial charge >= 0.3 is 0 Å². The summed E-state index contributed by atoms with van der Waals surface area (Å²) in [6.07, 6.45) is 3.82. The van der Waals surface area contributed by atoms with E-state index >= 15 is 0 Å². The standard InChI is InChI=1S/C21H33N5O.2ClH/c1-12(2)17-11-16(20(27)23-15-9-7-14(22)8-10-15)18-13(3)25-26(19(18)24-17)21(4,5)6;;/h11-12,14-15H,7-10,22H2,1-6H3,(H,23,27);2*1H. The molecule has 0 bridgehead atoms. The summed E-state index contributed by atoms with van der Waals surface area (Å²) in [4.78, 5) is 18.1. The van der Waals surface area contributed by atoms with Crippen LogP contribution < -0.4 is 11.1 Å². The first-order valence-corrected chi connectivity index (χ1v) is 10.0. The number of rotatable bonds is 3. The van der Waals surface area contributed by atoms with Gasteiger partial charge in [-0.3, -0.25) is 4.79 Å². The van der Waals surface area contributed by atoms with Gasteiger partial charge in [-0.15, -0.1) is 24.8 Å². The molecular weight excluding hydrogens is 409 g/mol. The quantitative estimate of drug-likeness (QED) is 0.732. The third-order valence-corrected chi connectivity index (χ3v) is 5.41. The molecular formula is C21H35Cl2N5O. The lowest BCUT2D eigenvalue weighted by Crippen LogP contribution is -2.40. The molecule has 1 aliphatic carbocycles. The fourth-order valence-corrected chi connectivity index (χ4v) is 3.78. The van der Waals surface area contributed by atoms with Crippen LogP contribution in [0.2, 0.25) is 0 Å². The van der Waals surface area contributed by atoms with Crippen LogP contribution in [0.15, 0.2) is 6.07 Å². The summed E-state index contributed by atoms with van der Waals surface area (Å²) in [6, 6.07) is 2.41. The number of aromatic nitrogens is 3. The largest absolute Gasteiger partial charge is 0.349 e. The summed E-state index contributed by atoms with van der Waals surface area (Å²) in [5.74, 6) is 0.207. The van der Waals surface area contributed by atoms with E-state index < -0.39 is 0 Å². The Morgan fingerprint density at radius 1 is 1.21 bits per heavy atom. The zero-order chi connectivity index (χ0) is 19.9. The van der Waals surface area contributed by atoms with Crippen molar-refractivity contribution in [2.45, 2.75) is 90.8 Å². The van der Waals surface area contributed by atoms with Gasteiger partial charge in [0.25, 0.3) is 5.91 Å². The van der Waals surface area contributed by atoms with Crippen molar-refractivity contribution in [3.63, 3.8) is 0 Å². The van der Waals surface area contributed by atoms with Crippen LogP contribution in [0.5, 0.6) is 0 Å². The van der Waals surface area contributed by atoms with E-state index in [4.69, 9.17) is 15.8 Å². The summed E-state index contributed by atoms with van der Waals surface area (Å²) in [5, 5.41) is 8.81. The lowest BCUT2D eigenvalue weighted by Gasteiger charge is -2.27. The lowest BCUT2D eigenvalue weighted by molar-refractivity contribution is 0.0927. The fraction of sp³-hybridized carbons (Fsp3) is 0.667. The Kier molecular flexibility index (Phi) is 8.52. The number of aryl methyl sites for hydroxylation is 1. The summed E-state index contributed by atoms with van der Waals surface area (Å²) in [6.45, 7) is 12.5. The Balaban J connectivity index is 0.00000210. The van der Waals surface area contributed by atoms with Gasteiger partial charge in [-0.1, -0.05) is 13.8 Å². The molecule has 0 aromatic carbocycles. The topological polar surface area (TPSA) is 85.8 Å². The first-order chi connectivity index (χ1) is 12.6. The van der Waals surface area contributed by atoms with E-state index in [0.29, 0.717) is 5.56 Å². The van der Waals surface area contributed by atoms with Crippen LogP contribution in [-0.2, 0) is 5.54 Å². The van der Waals surface area contributed by atoms with E-state index in [9.17, 15) is 4.79 Å². The normalized spacial score (nSPS) is 19.6. The van der Waals surface area contributed by atoms with E-state index in [0.717, 1.165) is 48.1 Å². The molecule has 1 amide bonds. The van der Waals surface area contributed by atoms with Gasteiger partial charge in [0.2, 0.25) is 0 Å². The molecule has 1 fully saturated rings. The highest BCUT2D eigenvalue weighted by molar-refractivity contribution is 6.06. The van der Waals surface area contributed by atoms with Crippen molar-refractivity contribution in [2.75, 3.05) is 0 Å². The molecule has 0 atom stereocenters. The number of carbonyl (C=O) groups excluding carboxylic acids is 1. The smallest absolute Gasteiger partial charge is 0.252 e. The van der Waals surface area contributed by atoms with E-state index in [1.165, 1.54) is 0 Å². The van der Waals surface area contributed by atoms with E-state index in [1.807, 2.05) is 17.7 Å². The second kappa shape index (κ2) is 9.63. The SMILES string of the molecule is Cc1nn(C(C)(C)C)c2nc(C(C)C)cc(C(=O)NC3CCC(N)CC3)c12.Cl.Cl. The molecule has 1 aliphatic rings. The van der Waals surface area contributed by atoms with Crippen molar-refractivity contribution in [1.29, 1.82) is 0 Å². The number of nitrogens with one attached hydrogen (secondary N) is 1. The molecule has 0 spiro atoms. The second-order valence-electron chi connectivity index (χ2n) is 9.20. The van der Waals surface area contributed by atoms with Crippen LogP contribution in [-0.4, -0.2) is 32.8 Å². The van der Waals surface area contributed by atoms with Gasteiger partial charge in [0.05, 0.1) is 22.2 Å². The Morgan fingerprint density at radius 2 is 1.79 bits per heavy atom. The third-order valence-electron chi connectivity index (χ3n) is 5.41.